The third kappa shape index (κ3) is 5.46. The molecule has 2 saturated heterocycles. The maximum absolute atomic E-state index is 13.2. The standard InChI is InChI=1S/C22H26ClFN4O4S/c23-19-14-18(24)4-3-17(19)15-26-22(29)16-5-8-27(9-6-16)21-20(2-1-7-25-21)33(30,31)28-10-12-32-13-11-28/h1-4,7,14,16H,5-6,8-13,15H2,(H,26,29). The molecule has 178 valence electrons. The van der Waals surface area contributed by atoms with E-state index in [4.69, 9.17) is 16.3 Å². The minimum atomic E-state index is -3.69. The van der Waals surface area contributed by atoms with Crippen molar-refractivity contribution < 1.29 is 22.3 Å². The number of hydrogen-bond acceptors (Lipinski definition) is 6. The number of morpholine rings is 1. The van der Waals surface area contributed by atoms with Crippen molar-refractivity contribution in [3.63, 3.8) is 0 Å². The SMILES string of the molecule is O=C(NCc1ccc(F)cc1Cl)C1CCN(c2ncccc2S(=O)(=O)N2CCOCC2)CC1. The van der Waals surface area contributed by atoms with E-state index in [-0.39, 0.29) is 28.3 Å². The van der Waals surface area contributed by atoms with Crippen LogP contribution in [0.15, 0.2) is 41.4 Å². The number of aromatic nitrogens is 1. The van der Waals surface area contributed by atoms with Gasteiger partial charge in [0.1, 0.15) is 16.5 Å². The molecule has 0 radical (unpaired) electrons. The number of piperidine rings is 1. The number of nitrogens with one attached hydrogen (secondary N) is 1. The third-order valence-corrected chi connectivity index (χ3v) is 8.24. The molecule has 0 unspecified atom stereocenters. The monoisotopic (exact) mass is 496 g/mol. The lowest BCUT2D eigenvalue weighted by Crippen LogP contribution is -2.43. The minimum Gasteiger partial charge on any atom is -0.379 e. The maximum Gasteiger partial charge on any atom is 0.246 e. The fourth-order valence-electron chi connectivity index (χ4n) is 4.09. The van der Waals surface area contributed by atoms with Crippen LogP contribution >= 0.6 is 11.6 Å². The molecule has 2 aromatic rings. The Morgan fingerprint density at radius 2 is 1.91 bits per heavy atom. The molecule has 0 spiro atoms. The van der Waals surface area contributed by atoms with Gasteiger partial charge in [-0.2, -0.15) is 4.31 Å². The van der Waals surface area contributed by atoms with E-state index in [0.29, 0.717) is 63.6 Å². The van der Waals surface area contributed by atoms with Crippen LogP contribution in [0.2, 0.25) is 5.02 Å². The predicted octanol–water partition coefficient (Wildman–Crippen LogP) is 2.43. The summed E-state index contributed by atoms with van der Waals surface area (Å²) in [5.41, 5.74) is 0.648. The van der Waals surface area contributed by atoms with Crippen molar-refractivity contribution >= 4 is 33.3 Å². The Morgan fingerprint density at radius 3 is 2.61 bits per heavy atom. The summed E-state index contributed by atoms with van der Waals surface area (Å²) in [7, 11) is -3.69. The Balaban J connectivity index is 1.38. The fraction of sp³-hybridized carbons (Fsp3) is 0.455. The highest BCUT2D eigenvalue weighted by atomic mass is 35.5. The number of anilines is 1. The van der Waals surface area contributed by atoms with Crippen molar-refractivity contribution in [2.45, 2.75) is 24.3 Å². The molecule has 1 aromatic heterocycles. The first kappa shape index (κ1) is 23.9. The summed E-state index contributed by atoms with van der Waals surface area (Å²) in [5.74, 6) is -0.311. The lowest BCUT2D eigenvalue weighted by Gasteiger charge is -2.34. The Labute approximate surface area is 197 Å². The summed E-state index contributed by atoms with van der Waals surface area (Å²) in [6.07, 6.45) is 2.71. The lowest BCUT2D eigenvalue weighted by molar-refractivity contribution is -0.125. The molecule has 11 heteroatoms. The van der Waals surface area contributed by atoms with Gasteiger partial charge in [0, 0.05) is 49.9 Å². The molecule has 3 heterocycles. The van der Waals surface area contributed by atoms with E-state index in [0.717, 1.165) is 0 Å². The van der Waals surface area contributed by atoms with Crippen LogP contribution in [-0.2, 0) is 26.1 Å². The molecule has 1 aromatic carbocycles. The van der Waals surface area contributed by atoms with Crippen molar-refractivity contribution in [2.75, 3.05) is 44.3 Å². The van der Waals surface area contributed by atoms with Crippen LogP contribution < -0.4 is 10.2 Å². The number of nitrogens with zero attached hydrogens (tertiary/aromatic N) is 3. The number of rotatable bonds is 6. The average molecular weight is 497 g/mol. The van der Waals surface area contributed by atoms with Gasteiger partial charge in [0.15, 0.2) is 0 Å². The zero-order valence-corrected chi connectivity index (χ0v) is 19.6. The van der Waals surface area contributed by atoms with E-state index in [9.17, 15) is 17.6 Å². The summed E-state index contributed by atoms with van der Waals surface area (Å²) in [6, 6.07) is 7.28. The highest BCUT2D eigenvalue weighted by Crippen LogP contribution is 2.30. The van der Waals surface area contributed by atoms with Crippen LogP contribution in [0.1, 0.15) is 18.4 Å². The largest absolute Gasteiger partial charge is 0.379 e. The summed E-state index contributed by atoms with van der Waals surface area (Å²) >= 11 is 6.03. The van der Waals surface area contributed by atoms with Gasteiger partial charge in [-0.1, -0.05) is 17.7 Å². The first-order valence-corrected chi connectivity index (χ1v) is 12.7. The second kappa shape index (κ2) is 10.3. The summed E-state index contributed by atoms with van der Waals surface area (Å²) in [4.78, 5) is 19.1. The van der Waals surface area contributed by atoms with Crippen LogP contribution in [0.5, 0.6) is 0 Å². The molecule has 33 heavy (non-hydrogen) atoms. The van der Waals surface area contributed by atoms with Gasteiger partial charge in [0.05, 0.1) is 13.2 Å². The van der Waals surface area contributed by atoms with Gasteiger partial charge >= 0.3 is 0 Å². The third-order valence-electron chi connectivity index (χ3n) is 5.97. The highest BCUT2D eigenvalue weighted by molar-refractivity contribution is 7.89. The van der Waals surface area contributed by atoms with E-state index in [1.54, 1.807) is 24.4 Å². The van der Waals surface area contributed by atoms with Crippen LogP contribution in [0.25, 0.3) is 0 Å². The molecule has 2 aliphatic heterocycles. The fourth-order valence-corrected chi connectivity index (χ4v) is 5.90. The number of carbonyl (C=O) groups is 1. The van der Waals surface area contributed by atoms with Crippen molar-refractivity contribution in [1.82, 2.24) is 14.6 Å². The number of benzene rings is 1. The summed E-state index contributed by atoms with van der Waals surface area (Å²) in [6.45, 7) is 2.63. The number of sulfonamides is 1. The number of halogens is 2. The Bertz CT molecular complexity index is 1100. The molecule has 0 aliphatic carbocycles. The summed E-state index contributed by atoms with van der Waals surface area (Å²) in [5, 5.41) is 3.14. The van der Waals surface area contributed by atoms with E-state index < -0.39 is 15.8 Å². The predicted molar refractivity (Wildman–Crippen MR) is 122 cm³/mol. The van der Waals surface area contributed by atoms with Crippen LogP contribution in [0.4, 0.5) is 10.2 Å². The number of hydrogen-bond donors (Lipinski definition) is 1. The van der Waals surface area contributed by atoms with Crippen LogP contribution in [0, 0.1) is 11.7 Å². The first-order valence-electron chi connectivity index (χ1n) is 10.9. The molecule has 1 amide bonds. The van der Waals surface area contributed by atoms with Crippen LogP contribution in [-0.4, -0.2) is 63.0 Å². The van der Waals surface area contributed by atoms with Gasteiger partial charge in [-0.25, -0.2) is 17.8 Å². The summed E-state index contributed by atoms with van der Waals surface area (Å²) < 4.78 is 46.3. The Kier molecular flexibility index (Phi) is 7.48. The highest BCUT2D eigenvalue weighted by Gasteiger charge is 2.33. The van der Waals surface area contributed by atoms with Crippen molar-refractivity contribution in [3.05, 3.63) is 52.9 Å². The zero-order chi connectivity index (χ0) is 23.4. The molecule has 2 aliphatic rings. The smallest absolute Gasteiger partial charge is 0.246 e. The van der Waals surface area contributed by atoms with Crippen molar-refractivity contribution in [3.8, 4) is 0 Å². The average Bonchev–Trinajstić information content (AvgIpc) is 2.84. The van der Waals surface area contributed by atoms with Gasteiger partial charge in [0.2, 0.25) is 15.9 Å². The van der Waals surface area contributed by atoms with E-state index in [1.807, 2.05) is 4.90 Å². The van der Waals surface area contributed by atoms with Gasteiger partial charge in [-0.05, 0) is 42.7 Å². The molecular formula is C22H26ClFN4O4S. The Hall–Kier alpha value is -2.27. The minimum absolute atomic E-state index is 0.0998. The normalized spacial score (nSPS) is 18.3. The molecule has 0 atom stereocenters. The molecule has 0 bridgehead atoms. The van der Waals surface area contributed by atoms with Crippen LogP contribution in [0.3, 0.4) is 0 Å². The quantitative estimate of drug-likeness (QED) is 0.660. The number of carbonyl (C=O) groups excluding carboxylic acids is 1. The topological polar surface area (TPSA) is 91.8 Å². The van der Waals surface area contributed by atoms with Crippen molar-refractivity contribution in [1.29, 1.82) is 0 Å². The number of ether oxygens (including phenoxy) is 1. The molecule has 8 nitrogen and oxygen atoms in total. The molecule has 1 N–H and O–H groups in total. The molecule has 2 fully saturated rings. The molecule has 4 rings (SSSR count). The van der Waals surface area contributed by atoms with Crippen molar-refractivity contribution in [2.24, 2.45) is 5.92 Å². The second-order valence-corrected chi connectivity index (χ2v) is 10.4. The van der Waals surface area contributed by atoms with Gasteiger partial charge in [-0.15, -0.1) is 0 Å². The Morgan fingerprint density at radius 1 is 1.18 bits per heavy atom. The first-order chi connectivity index (χ1) is 15.9. The second-order valence-electron chi connectivity index (χ2n) is 8.06. The van der Waals surface area contributed by atoms with E-state index >= 15 is 0 Å². The number of pyridine rings is 1. The molecule has 0 saturated carbocycles. The van der Waals surface area contributed by atoms with Gasteiger partial charge in [-0.3, -0.25) is 4.79 Å². The van der Waals surface area contributed by atoms with Gasteiger partial charge in [0.25, 0.3) is 0 Å². The zero-order valence-electron chi connectivity index (χ0n) is 18.0. The van der Waals surface area contributed by atoms with Gasteiger partial charge < -0.3 is 15.0 Å². The molecular weight excluding hydrogens is 471 g/mol. The van der Waals surface area contributed by atoms with E-state index in [2.05, 4.69) is 10.3 Å². The number of amides is 1. The lowest BCUT2D eigenvalue weighted by atomic mass is 9.96. The van der Waals surface area contributed by atoms with E-state index in [1.165, 1.54) is 16.4 Å². The maximum atomic E-state index is 13.2.